The van der Waals surface area contributed by atoms with Crippen molar-refractivity contribution in [3.63, 3.8) is 0 Å². The van der Waals surface area contributed by atoms with Crippen LogP contribution in [-0.4, -0.2) is 34.6 Å². The van der Waals surface area contributed by atoms with Crippen LogP contribution in [0.4, 0.5) is 0 Å². The number of nitrogens with one attached hydrogen (secondary N) is 2. The normalized spacial score (nSPS) is 16.6. The van der Waals surface area contributed by atoms with E-state index in [1.807, 2.05) is 0 Å². The number of amides is 1. The lowest BCUT2D eigenvalue weighted by molar-refractivity contribution is -0.129. The fourth-order valence-electron chi connectivity index (χ4n) is 3.49. The van der Waals surface area contributed by atoms with Crippen molar-refractivity contribution >= 4 is 11.9 Å². The Morgan fingerprint density at radius 2 is 2.04 bits per heavy atom. The number of carbonyl (C=O) groups excluding carboxylic acids is 2. The molecule has 0 saturated carbocycles. The maximum absolute atomic E-state index is 12.4. The van der Waals surface area contributed by atoms with Crippen molar-refractivity contribution in [2.24, 2.45) is 0 Å². The Morgan fingerprint density at radius 1 is 1.31 bits per heavy atom. The zero-order valence-corrected chi connectivity index (χ0v) is 16.1. The molecule has 1 aliphatic rings. The van der Waals surface area contributed by atoms with Gasteiger partial charge >= 0.3 is 5.97 Å². The Balaban J connectivity index is 1.87. The molecule has 0 unspecified atom stereocenters. The first-order valence-electron chi connectivity index (χ1n) is 9.35. The maximum Gasteiger partial charge on any atom is 0.355 e. The first-order chi connectivity index (χ1) is 12.3. The molecule has 0 saturated heterocycles. The van der Waals surface area contributed by atoms with E-state index in [0.717, 1.165) is 25.0 Å². The highest BCUT2D eigenvalue weighted by atomic mass is 16.5. The van der Waals surface area contributed by atoms with Crippen LogP contribution >= 0.6 is 0 Å². The molecule has 0 aliphatic heterocycles. The molecule has 1 aromatic rings. The van der Waals surface area contributed by atoms with Gasteiger partial charge in [0.1, 0.15) is 5.69 Å². The molecule has 0 fully saturated rings. The number of aromatic nitrogens is 1. The Morgan fingerprint density at radius 3 is 2.62 bits per heavy atom. The summed E-state index contributed by atoms with van der Waals surface area (Å²) >= 11 is 0. The van der Waals surface area contributed by atoms with Crippen LogP contribution in [0.15, 0.2) is 11.6 Å². The van der Waals surface area contributed by atoms with E-state index in [9.17, 15) is 14.7 Å². The molecule has 1 aliphatic carbocycles. The molecule has 2 rings (SSSR count). The molecule has 0 aromatic carbocycles. The third-order valence-electron chi connectivity index (χ3n) is 4.90. The number of esters is 1. The number of allylic oxidation sites excluding steroid dienone is 1. The van der Waals surface area contributed by atoms with Gasteiger partial charge in [-0.15, -0.1) is 0 Å². The van der Waals surface area contributed by atoms with Crippen molar-refractivity contribution < 1.29 is 19.4 Å². The van der Waals surface area contributed by atoms with E-state index in [2.05, 4.69) is 16.4 Å². The van der Waals surface area contributed by atoms with Crippen molar-refractivity contribution in [2.45, 2.75) is 72.0 Å². The average molecular weight is 362 g/mol. The largest absolute Gasteiger partial charge is 0.448 e. The quantitative estimate of drug-likeness (QED) is 0.513. The Bertz CT molecular complexity index is 688. The van der Waals surface area contributed by atoms with Crippen LogP contribution in [0.5, 0.6) is 0 Å². The second kappa shape index (κ2) is 9.03. The van der Waals surface area contributed by atoms with E-state index in [4.69, 9.17) is 4.74 Å². The van der Waals surface area contributed by atoms with Gasteiger partial charge in [0.25, 0.3) is 5.91 Å². The van der Waals surface area contributed by atoms with Gasteiger partial charge in [-0.1, -0.05) is 11.6 Å². The lowest BCUT2D eigenvalue weighted by Crippen LogP contribution is -2.36. The molecule has 144 valence electrons. The van der Waals surface area contributed by atoms with Gasteiger partial charge in [-0.05, 0) is 65.4 Å². The Kier molecular flexibility index (Phi) is 7.03. The number of carbonyl (C=O) groups is 2. The minimum Gasteiger partial charge on any atom is -0.448 e. The van der Waals surface area contributed by atoms with Gasteiger partial charge in [-0.25, -0.2) is 4.79 Å². The SMILES string of the molecule is Cc1[nH]c(C(=O)O[C@@H](C)C(=O)NCCC2=CCCCC2)c(C)c1[C@H](C)O. The van der Waals surface area contributed by atoms with Crippen molar-refractivity contribution in [2.75, 3.05) is 6.54 Å². The highest BCUT2D eigenvalue weighted by Gasteiger charge is 2.24. The lowest BCUT2D eigenvalue weighted by atomic mass is 9.97. The summed E-state index contributed by atoms with van der Waals surface area (Å²) in [4.78, 5) is 27.5. The van der Waals surface area contributed by atoms with Crippen molar-refractivity contribution in [3.05, 3.63) is 34.2 Å². The highest BCUT2D eigenvalue weighted by molar-refractivity contribution is 5.92. The van der Waals surface area contributed by atoms with Gasteiger partial charge in [0, 0.05) is 17.8 Å². The molecule has 6 nitrogen and oxygen atoms in total. The van der Waals surface area contributed by atoms with Crippen molar-refractivity contribution in [1.29, 1.82) is 0 Å². The zero-order chi connectivity index (χ0) is 19.3. The molecular weight excluding hydrogens is 332 g/mol. The summed E-state index contributed by atoms with van der Waals surface area (Å²) in [6.07, 6.45) is 6.25. The van der Waals surface area contributed by atoms with Gasteiger partial charge in [-0.2, -0.15) is 0 Å². The van der Waals surface area contributed by atoms with E-state index in [0.29, 0.717) is 17.7 Å². The lowest BCUT2D eigenvalue weighted by Gasteiger charge is -2.15. The third-order valence-corrected chi connectivity index (χ3v) is 4.90. The first-order valence-corrected chi connectivity index (χ1v) is 9.35. The number of aliphatic hydroxyl groups excluding tert-OH is 1. The zero-order valence-electron chi connectivity index (χ0n) is 16.1. The second-order valence-corrected chi connectivity index (χ2v) is 7.04. The standard InChI is InChI=1S/C20H30N2O4/c1-12-17(14(3)23)13(2)22-18(12)20(25)26-15(4)19(24)21-11-10-16-8-6-5-7-9-16/h8,14-15,22-23H,5-7,9-11H2,1-4H3,(H,21,24)/t14-,15-/m0/s1. The molecule has 26 heavy (non-hydrogen) atoms. The van der Waals surface area contributed by atoms with Gasteiger partial charge in [0.05, 0.1) is 6.10 Å². The van der Waals surface area contributed by atoms with Crippen LogP contribution in [0, 0.1) is 13.8 Å². The molecular formula is C20H30N2O4. The van der Waals surface area contributed by atoms with Gasteiger partial charge in [0.2, 0.25) is 0 Å². The number of aryl methyl sites for hydroxylation is 1. The first kappa shape index (κ1) is 20.2. The summed E-state index contributed by atoms with van der Waals surface area (Å²) in [6, 6.07) is 0. The van der Waals surface area contributed by atoms with E-state index in [1.165, 1.54) is 18.4 Å². The van der Waals surface area contributed by atoms with Crippen LogP contribution in [0.3, 0.4) is 0 Å². The van der Waals surface area contributed by atoms with Gasteiger partial charge in [0.15, 0.2) is 6.10 Å². The molecule has 1 aromatic heterocycles. The predicted octanol–water partition coefficient (Wildman–Crippen LogP) is 3.24. The molecule has 2 atom stereocenters. The number of ether oxygens (including phenoxy) is 1. The van der Waals surface area contributed by atoms with Crippen LogP contribution < -0.4 is 5.32 Å². The fraction of sp³-hybridized carbons (Fsp3) is 0.600. The van der Waals surface area contributed by atoms with Gasteiger partial charge < -0.3 is 20.1 Å². The van der Waals surface area contributed by atoms with Crippen LogP contribution in [0.1, 0.15) is 79.4 Å². The number of aliphatic hydroxyl groups is 1. The van der Waals surface area contributed by atoms with E-state index in [1.54, 1.807) is 27.7 Å². The topological polar surface area (TPSA) is 91.4 Å². The Hall–Kier alpha value is -2.08. The van der Waals surface area contributed by atoms with Crippen molar-refractivity contribution in [3.8, 4) is 0 Å². The maximum atomic E-state index is 12.4. The van der Waals surface area contributed by atoms with Crippen molar-refractivity contribution in [1.82, 2.24) is 10.3 Å². The summed E-state index contributed by atoms with van der Waals surface area (Å²) in [7, 11) is 0. The molecule has 0 radical (unpaired) electrons. The number of hydrogen-bond donors (Lipinski definition) is 3. The van der Waals surface area contributed by atoms with E-state index < -0.39 is 18.2 Å². The molecule has 6 heteroatoms. The third kappa shape index (κ3) is 4.97. The van der Waals surface area contributed by atoms with Crippen LogP contribution in [0.2, 0.25) is 0 Å². The predicted molar refractivity (Wildman–Crippen MR) is 100.0 cm³/mol. The molecule has 1 amide bonds. The molecule has 0 spiro atoms. The van der Waals surface area contributed by atoms with Crippen LogP contribution in [0.25, 0.3) is 0 Å². The summed E-state index contributed by atoms with van der Waals surface area (Å²) in [6.45, 7) is 7.32. The smallest absolute Gasteiger partial charge is 0.355 e. The number of H-pyrrole nitrogens is 1. The highest BCUT2D eigenvalue weighted by Crippen LogP contribution is 2.25. The number of rotatable bonds is 7. The molecule has 1 heterocycles. The number of aromatic amines is 1. The Labute approximate surface area is 155 Å². The minimum atomic E-state index is -0.874. The second-order valence-electron chi connectivity index (χ2n) is 7.04. The van der Waals surface area contributed by atoms with Gasteiger partial charge in [-0.3, -0.25) is 4.79 Å². The van der Waals surface area contributed by atoms with E-state index in [-0.39, 0.29) is 11.6 Å². The summed E-state index contributed by atoms with van der Waals surface area (Å²) in [5.41, 5.74) is 3.74. The monoisotopic (exact) mass is 362 g/mol. The van der Waals surface area contributed by atoms with Crippen LogP contribution in [-0.2, 0) is 9.53 Å². The van der Waals surface area contributed by atoms with E-state index >= 15 is 0 Å². The average Bonchev–Trinajstić information content (AvgIpc) is 2.90. The summed E-state index contributed by atoms with van der Waals surface area (Å²) < 4.78 is 5.29. The fourth-order valence-corrected chi connectivity index (χ4v) is 3.49. The molecule has 0 bridgehead atoms. The minimum absolute atomic E-state index is 0.283. The summed E-state index contributed by atoms with van der Waals surface area (Å²) in [5, 5.41) is 12.6. The molecule has 3 N–H and O–H groups in total. The number of hydrogen-bond acceptors (Lipinski definition) is 4. The summed E-state index contributed by atoms with van der Waals surface area (Å²) in [5.74, 6) is -0.887.